The number of nitrogens with zero attached hydrogens (tertiary/aromatic N) is 3. The lowest BCUT2D eigenvalue weighted by atomic mass is 9.52. The van der Waals surface area contributed by atoms with Gasteiger partial charge in [-0.25, -0.2) is 0 Å². The first-order chi connectivity index (χ1) is 18.4. The Morgan fingerprint density at radius 3 is 2.42 bits per heavy atom. The number of hydrogen-bond acceptors (Lipinski definition) is 5. The van der Waals surface area contributed by atoms with E-state index in [9.17, 15) is 9.59 Å². The molecule has 1 atom stereocenters. The van der Waals surface area contributed by atoms with Crippen LogP contribution in [0.2, 0.25) is 0 Å². The molecular weight excluding hydrogens is 474 g/mol. The summed E-state index contributed by atoms with van der Waals surface area (Å²) in [4.78, 5) is 26.8. The Hall–Kier alpha value is -2.41. The number of rotatable bonds is 11. The van der Waals surface area contributed by atoms with Crippen molar-refractivity contribution in [3.05, 3.63) is 23.9 Å². The predicted molar refractivity (Wildman–Crippen MR) is 151 cm³/mol. The lowest BCUT2D eigenvalue weighted by Gasteiger charge is -2.60. The lowest BCUT2D eigenvalue weighted by Crippen LogP contribution is -2.58. The molecule has 2 heterocycles. The monoisotopic (exact) mass is 519 g/mol. The van der Waals surface area contributed by atoms with Crippen molar-refractivity contribution in [1.29, 1.82) is 0 Å². The molecule has 1 aromatic heterocycles. The maximum absolute atomic E-state index is 12.4. The highest BCUT2D eigenvalue weighted by Gasteiger charge is 2.52. The van der Waals surface area contributed by atoms with Gasteiger partial charge in [0, 0.05) is 30.9 Å². The number of hydrogen-bond donors (Lipinski definition) is 2. The highest BCUT2D eigenvalue weighted by molar-refractivity contribution is 6.03. The highest BCUT2D eigenvalue weighted by Crippen LogP contribution is 2.57. The van der Waals surface area contributed by atoms with Gasteiger partial charge < -0.3 is 10.2 Å². The van der Waals surface area contributed by atoms with Gasteiger partial charge in [0.1, 0.15) is 0 Å². The van der Waals surface area contributed by atoms with Gasteiger partial charge in [0.25, 0.3) is 0 Å². The molecule has 1 aromatic carbocycles. The average molecular weight is 520 g/mol. The molecule has 4 saturated carbocycles. The maximum atomic E-state index is 12.4. The van der Waals surface area contributed by atoms with E-state index in [-0.39, 0.29) is 17.7 Å². The first-order valence-electron chi connectivity index (χ1n) is 15.2. The summed E-state index contributed by atoms with van der Waals surface area (Å²) in [6.07, 6.45) is 16.2. The van der Waals surface area contributed by atoms with Crippen LogP contribution in [0.15, 0.2) is 18.2 Å². The number of anilines is 1. The number of carbonyl (C=O) groups excluding carboxylic acids is 2. The van der Waals surface area contributed by atoms with E-state index >= 15 is 0 Å². The van der Waals surface area contributed by atoms with E-state index < -0.39 is 0 Å². The molecule has 2 amide bonds. The van der Waals surface area contributed by atoms with Crippen LogP contribution in [0.25, 0.3) is 10.9 Å². The van der Waals surface area contributed by atoms with Crippen molar-refractivity contribution in [1.82, 2.24) is 20.0 Å². The Labute approximate surface area is 227 Å². The van der Waals surface area contributed by atoms with Gasteiger partial charge in [0.05, 0.1) is 22.8 Å². The van der Waals surface area contributed by atoms with Gasteiger partial charge in [0.2, 0.25) is 11.8 Å². The van der Waals surface area contributed by atoms with Gasteiger partial charge >= 0.3 is 0 Å². The molecule has 1 saturated heterocycles. The van der Waals surface area contributed by atoms with E-state index in [1.54, 1.807) is 0 Å². The SMILES string of the molecule is CN(CCCCCCCNc1cccc2c(C3CCC(=O)NC3=O)nn(C)c12)C12CC3CC(CC(C3)C1)C2. The fourth-order valence-corrected chi connectivity index (χ4v) is 8.72. The number of piperidine rings is 1. The normalized spacial score (nSPS) is 30.4. The third kappa shape index (κ3) is 4.99. The van der Waals surface area contributed by atoms with Crippen LogP contribution in [-0.2, 0) is 16.6 Å². The van der Waals surface area contributed by atoms with Crippen molar-refractivity contribution in [3.8, 4) is 0 Å². The summed E-state index contributed by atoms with van der Waals surface area (Å²) in [7, 11) is 4.35. The lowest BCUT2D eigenvalue weighted by molar-refractivity contribution is -0.134. The number of benzene rings is 1. The van der Waals surface area contributed by atoms with Crippen LogP contribution in [0.1, 0.15) is 95.1 Å². The Bertz CT molecular complexity index is 1150. The molecule has 206 valence electrons. The van der Waals surface area contributed by atoms with E-state index in [1.165, 1.54) is 70.8 Å². The minimum atomic E-state index is -0.367. The minimum Gasteiger partial charge on any atom is -0.383 e. The summed E-state index contributed by atoms with van der Waals surface area (Å²) >= 11 is 0. The molecule has 7 nitrogen and oxygen atoms in total. The predicted octanol–water partition coefficient (Wildman–Crippen LogP) is 5.36. The Morgan fingerprint density at radius 1 is 1.03 bits per heavy atom. The molecule has 7 rings (SSSR count). The first-order valence-corrected chi connectivity index (χ1v) is 15.2. The standard InChI is InChI=1S/C31H45N5O2/c1-35(31-18-21-15-22(19-31)17-23(16-21)20-31)14-7-5-3-4-6-13-32-26-10-8-9-24-28(34-36(2)29(24)26)25-11-12-27(37)33-30(25)38/h8-10,21-23,25,32H,3-7,11-20H2,1-2H3,(H,33,37,38). The van der Waals surface area contributed by atoms with Crippen LogP contribution in [0.4, 0.5) is 5.69 Å². The fraction of sp³-hybridized carbons (Fsp3) is 0.710. The zero-order chi connectivity index (χ0) is 26.3. The summed E-state index contributed by atoms with van der Waals surface area (Å²) < 4.78 is 1.87. The Kier molecular flexibility index (Phi) is 7.23. The van der Waals surface area contributed by atoms with Crippen LogP contribution < -0.4 is 10.6 Å². The van der Waals surface area contributed by atoms with Crippen molar-refractivity contribution in [2.75, 3.05) is 25.5 Å². The molecule has 2 N–H and O–H groups in total. The van der Waals surface area contributed by atoms with E-state index in [4.69, 9.17) is 5.10 Å². The molecule has 38 heavy (non-hydrogen) atoms. The molecule has 2 aromatic rings. The van der Waals surface area contributed by atoms with Crippen LogP contribution in [0.5, 0.6) is 0 Å². The largest absolute Gasteiger partial charge is 0.383 e. The number of para-hydroxylation sites is 1. The van der Waals surface area contributed by atoms with Crippen LogP contribution in [0.3, 0.4) is 0 Å². The quantitative estimate of drug-likeness (QED) is 0.309. The number of nitrogens with one attached hydrogen (secondary N) is 2. The smallest absolute Gasteiger partial charge is 0.235 e. The number of aromatic nitrogens is 2. The maximum Gasteiger partial charge on any atom is 0.235 e. The van der Waals surface area contributed by atoms with Crippen molar-refractivity contribution < 1.29 is 9.59 Å². The summed E-state index contributed by atoms with van der Waals surface area (Å²) in [6, 6.07) is 6.16. The molecule has 0 spiro atoms. The second kappa shape index (κ2) is 10.6. The third-order valence-electron chi connectivity index (χ3n) is 10.3. The molecular formula is C31H45N5O2. The molecule has 5 fully saturated rings. The van der Waals surface area contributed by atoms with Gasteiger partial charge in [0.15, 0.2) is 0 Å². The topological polar surface area (TPSA) is 79.3 Å². The van der Waals surface area contributed by atoms with Crippen LogP contribution in [0, 0.1) is 17.8 Å². The summed E-state index contributed by atoms with van der Waals surface area (Å²) in [6.45, 7) is 2.20. The number of amides is 2. The number of carbonyl (C=O) groups is 2. The van der Waals surface area contributed by atoms with Gasteiger partial charge in [-0.3, -0.25) is 19.6 Å². The summed E-state index contributed by atoms with van der Waals surface area (Å²) in [5.74, 6) is 2.29. The van der Waals surface area contributed by atoms with Crippen molar-refractivity contribution >= 4 is 28.4 Å². The molecule has 1 aliphatic heterocycles. The molecule has 7 heteroatoms. The number of fused-ring (bicyclic) bond motifs is 1. The van der Waals surface area contributed by atoms with E-state index in [0.717, 1.165) is 53.0 Å². The summed E-state index contributed by atoms with van der Waals surface area (Å²) in [5, 5.41) is 11.8. The van der Waals surface area contributed by atoms with E-state index in [1.807, 2.05) is 23.9 Å². The Balaban J connectivity index is 0.943. The molecule has 1 unspecified atom stereocenters. The Morgan fingerprint density at radius 2 is 1.71 bits per heavy atom. The molecule has 4 aliphatic carbocycles. The zero-order valence-corrected chi connectivity index (χ0v) is 23.3. The van der Waals surface area contributed by atoms with Crippen molar-refractivity contribution in [2.45, 2.75) is 94.9 Å². The first kappa shape index (κ1) is 25.8. The number of aryl methyl sites for hydroxylation is 1. The van der Waals surface area contributed by atoms with E-state index in [0.29, 0.717) is 18.4 Å². The second-order valence-electron chi connectivity index (χ2n) is 13.0. The third-order valence-corrected chi connectivity index (χ3v) is 10.3. The molecule has 5 aliphatic rings. The fourth-order valence-electron chi connectivity index (χ4n) is 8.72. The number of imide groups is 1. The van der Waals surface area contributed by atoms with Gasteiger partial charge in [-0.2, -0.15) is 5.10 Å². The van der Waals surface area contributed by atoms with Gasteiger partial charge in [-0.1, -0.05) is 31.4 Å². The molecule has 4 bridgehead atoms. The van der Waals surface area contributed by atoms with Crippen molar-refractivity contribution in [3.63, 3.8) is 0 Å². The second-order valence-corrected chi connectivity index (χ2v) is 13.0. The molecule has 0 radical (unpaired) electrons. The summed E-state index contributed by atoms with van der Waals surface area (Å²) in [5.41, 5.74) is 3.41. The average Bonchev–Trinajstić information content (AvgIpc) is 3.21. The van der Waals surface area contributed by atoms with Crippen LogP contribution in [-0.4, -0.2) is 52.2 Å². The van der Waals surface area contributed by atoms with Crippen molar-refractivity contribution in [2.24, 2.45) is 24.8 Å². The van der Waals surface area contributed by atoms with Gasteiger partial charge in [-0.15, -0.1) is 0 Å². The zero-order valence-electron chi connectivity index (χ0n) is 23.3. The van der Waals surface area contributed by atoms with E-state index in [2.05, 4.69) is 28.6 Å². The number of unbranched alkanes of at least 4 members (excludes halogenated alkanes) is 4. The highest BCUT2D eigenvalue weighted by atomic mass is 16.2. The van der Waals surface area contributed by atoms with Crippen LogP contribution >= 0.6 is 0 Å². The minimum absolute atomic E-state index is 0.191. The van der Waals surface area contributed by atoms with Gasteiger partial charge in [-0.05, 0) is 95.2 Å².